The summed E-state index contributed by atoms with van der Waals surface area (Å²) in [4.78, 5) is 28.3. The van der Waals surface area contributed by atoms with Crippen LogP contribution < -0.4 is 11.1 Å². The third kappa shape index (κ3) is 2.24. The number of thioether (sulfide) groups is 1. The monoisotopic (exact) mass is 291 g/mol. The van der Waals surface area contributed by atoms with Crippen LogP contribution in [0.5, 0.6) is 0 Å². The van der Waals surface area contributed by atoms with Crippen LogP contribution >= 0.6 is 11.8 Å². The second kappa shape index (κ2) is 5.16. The van der Waals surface area contributed by atoms with Crippen LogP contribution in [0, 0.1) is 0 Å². The van der Waals surface area contributed by atoms with E-state index in [1.165, 1.54) is 16.3 Å². The molecule has 0 saturated carbocycles. The first-order valence-corrected chi connectivity index (χ1v) is 7.23. The quantitative estimate of drug-likeness (QED) is 0.906. The first-order valence-electron chi connectivity index (χ1n) is 6.25. The van der Waals surface area contributed by atoms with E-state index < -0.39 is 11.8 Å². The Hall–Kier alpha value is -2.02. The maximum absolute atomic E-state index is 12.2. The largest absolute Gasteiger partial charge is 0.420 e. The Labute approximate surface area is 118 Å². The molecule has 2 aromatic rings. The average Bonchev–Trinajstić information content (AvgIpc) is 3.04. The Morgan fingerprint density at radius 1 is 1.50 bits per heavy atom. The van der Waals surface area contributed by atoms with Gasteiger partial charge in [-0.3, -0.25) is 14.4 Å². The van der Waals surface area contributed by atoms with Crippen LogP contribution in [0.2, 0.25) is 0 Å². The molecular formula is C13H13N3O3S. The summed E-state index contributed by atoms with van der Waals surface area (Å²) in [5.74, 6) is 0.0696. The maximum Gasteiger partial charge on any atom is 0.420 e. The van der Waals surface area contributed by atoms with Gasteiger partial charge in [0.15, 0.2) is 10.8 Å². The highest BCUT2D eigenvalue weighted by Crippen LogP contribution is 2.17. The van der Waals surface area contributed by atoms with Gasteiger partial charge in [-0.1, -0.05) is 23.9 Å². The number of para-hydroxylation sites is 2. The number of oxazole rings is 1. The number of hydrogen-bond acceptors (Lipinski definition) is 5. The predicted molar refractivity (Wildman–Crippen MR) is 78.1 cm³/mol. The Morgan fingerprint density at radius 3 is 3.05 bits per heavy atom. The van der Waals surface area contributed by atoms with Crippen molar-refractivity contribution in [3.63, 3.8) is 0 Å². The van der Waals surface area contributed by atoms with Crippen molar-refractivity contribution in [2.45, 2.75) is 13.0 Å². The standard InChI is InChI=1S/C13H13N3O3S/c1-8(11(17)15-12-14-6-7-20-12)16-9-4-2-3-5-10(9)19-13(16)18/h2-5,8H,6-7H2,1H3,(H,14,15,17)/t8-/m1/s1. The maximum atomic E-state index is 12.2. The van der Waals surface area contributed by atoms with Crippen molar-refractivity contribution in [3.05, 3.63) is 34.8 Å². The molecule has 0 saturated heterocycles. The lowest BCUT2D eigenvalue weighted by molar-refractivity contribution is -0.122. The van der Waals surface area contributed by atoms with Gasteiger partial charge in [0.05, 0.1) is 12.1 Å². The van der Waals surface area contributed by atoms with Crippen LogP contribution in [0.4, 0.5) is 0 Å². The number of aromatic nitrogens is 1. The highest BCUT2D eigenvalue weighted by molar-refractivity contribution is 8.14. The summed E-state index contributed by atoms with van der Waals surface area (Å²) in [5.41, 5.74) is 1.09. The number of hydrogen-bond donors (Lipinski definition) is 1. The molecule has 3 rings (SSSR count). The summed E-state index contributed by atoms with van der Waals surface area (Å²) in [7, 11) is 0. The van der Waals surface area contributed by atoms with Crippen molar-refractivity contribution in [2.75, 3.05) is 12.3 Å². The number of amides is 1. The van der Waals surface area contributed by atoms with Gasteiger partial charge in [0.25, 0.3) is 0 Å². The van der Waals surface area contributed by atoms with Crippen molar-refractivity contribution < 1.29 is 9.21 Å². The number of benzene rings is 1. The number of carbonyl (C=O) groups excluding carboxylic acids is 1. The van der Waals surface area contributed by atoms with E-state index in [4.69, 9.17) is 4.42 Å². The van der Waals surface area contributed by atoms with Gasteiger partial charge in [-0.05, 0) is 19.1 Å². The summed E-state index contributed by atoms with van der Waals surface area (Å²) in [6.45, 7) is 2.38. The molecule has 104 valence electrons. The molecular weight excluding hydrogens is 278 g/mol. The Balaban J connectivity index is 1.91. The van der Waals surface area contributed by atoms with Crippen molar-refractivity contribution >= 4 is 33.9 Å². The molecule has 6 nitrogen and oxygen atoms in total. The molecule has 1 aliphatic heterocycles. The Bertz CT molecular complexity index is 747. The lowest BCUT2D eigenvalue weighted by Crippen LogP contribution is -2.36. The molecule has 0 spiro atoms. The summed E-state index contributed by atoms with van der Waals surface area (Å²) < 4.78 is 6.48. The summed E-state index contributed by atoms with van der Waals surface area (Å²) >= 11 is 1.50. The third-order valence-corrected chi connectivity index (χ3v) is 3.99. The zero-order valence-electron chi connectivity index (χ0n) is 10.8. The lowest BCUT2D eigenvalue weighted by Gasteiger charge is -2.12. The molecule has 0 unspecified atom stereocenters. The minimum atomic E-state index is -0.657. The number of nitrogens with one attached hydrogen (secondary N) is 1. The van der Waals surface area contributed by atoms with Crippen molar-refractivity contribution in [1.29, 1.82) is 0 Å². The zero-order valence-corrected chi connectivity index (χ0v) is 11.6. The number of fused-ring (bicyclic) bond motifs is 1. The molecule has 1 aliphatic rings. The molecule has 1 amide bonds. The summed E-state index contributed by atoms with van der Waals surface area (Å²) in [6, 6.07) is 6.38. The highest BCUT2D eigenvalue weighted by Gasteiger charge is 2.22. The molecule has 1 atom stereocenters. The van der Waals surface area contributed by atoms with Gasteiger partial charge in [0.2, 0.25) is 5.91 Å². The molecule has 0 bridgehead atoms. The lowest BCUT2D eigenvalue weighted by atomic mass is 10.2. The van der Waals surface area contributed by atoms with E-state index in [1.807, 2.05) is 0 Å². The van der Waals surface area contributed by atoms with E-state index in [0.29, 0.717) is 22.8 Å². The van der Waals surface area contributed by atoms with Crippen molar-refractivity contribution in [3.8, 4) is 0 Å². The van der Waals surface area contributed by atoms with E-state index in [2.05, 4.69) is 10.3 Å². The average molecular weight is 291 g/mol. The van der Waals surface area contributed by atoms with Crippen LogP contribution in [-0.4, -0.2) is 27.9 Å². The van der Waals surface area contributed by atoms with Crippen LogP contribution in [0.1, 0.15) is 13.0 Å². The zero-order chi connectivity index (χ0) is 14.1. The molecule has 0 fully saturated rings. The van der Waals surface area contributed by atoms with Gasteiger partial charge in [-0.2, -0.15) is 0 Å². The molecule has 1 N–H and O–H groups in total. The van der Waals surface area contributed by atoms with Crippen LogP contribution in [0.15, 0.2) is 38.5 Å². The number of amidine groups is 1. The van der Waals surface area contributed by atoms with Gasteiger partial charge in [-0.15, -0.1) is 0 Å². The first kappa shape index (κ1) is 13.0. The van der Waals surface area contributed by atoms with Crippen LogP contribution in [0.3, 0.4) is 0 Å². The van der Waals surface area contributed by atoms with Gasteiger partial charge < -0.3 is 9.73 Å². The van der Waals surface area contributed by atoms with E-state index in [1.54, 1.807) is 31.2 Å². The Kier molecular flexibility index (Phi) is 3.35. The SMILES string of the molecule is C[C@H](C(=O)NC1=NCCS1)n1c(=O)oc2ccccc21. The number of rotatable bonds is 2. The predicted octanol–water partition coefficient (Wildman–Crippen LogP) is 1.37. The van der Waals surface area contributed by atoms with Crippen molar-refractivity contribution in [1.82, 2.24) is 9.88 Å². The van der Waals surface area contributed by atoms with Gasteiger partial charge in [0.1, 0.15) is 6.04 Å². The number of aliphatic imine (C=N–C) groups is 1. The minimum absolute atomic E-state index is 0.271. The molecule has 1 aromatic carbocycles. The topological polar surface area (TPSA) is 76.6 Å². The summed E-state index contributed by atoms with van der Waals surface area (Å²) in [6.07, 6.45) is 0. The van der Waals surface area contributed by atoms with E-state index in [9.17, 15) is 9.59 Å². The molecule has 0 radical (unpaired) electrons. The number of carbonyl (C=O) groups is 1. The molecule has 20 heavy (non-hydrogen) atoms. The fourth-order valence-electron chi connectivity index (χ4n) is 2.09. The number of nitrogens with zero attached hydrogens (tertiary/aromatic N) is 2. The van der Waals surface area contributed by atoms with Crippen molar-refractivity contribution in [2.24, 2.45) is 4.99 Å². The second-order valence-electron chi connectivity index (χ2n) is 4.41. The van der Waals surface area contributed by atoms with Gasteiger partial charge >= 0.3 is 5.76 Å². The van der Waals surface area contributed by atoms with Gasteiger partial charge in [0, 0.05) is 5.75 Å². The highest BCUT2D eigenvalue weighted by atomic mass is 32.2. The fourth-order valence-corrected chi connectivity index (χ4v) is 2.82. The first-order chi connectivity index (χ1) is 9.66. The normalized spacial score (nSPS) is 16.1. The van der Waals surface area contributed by atoms with E-state index in [-0.39, 0.29) is 5.91 Å². The smallest absolute Gasteiger partial charge is 0.408 e. The van der Waals surface area contributed by atoms with E-state index >= 15 is 0 Å². The third-order valence-electron chi connectivity index (χ3n) is 3.10. The second-order valence-corrected chi connectivity index (χ2v) is 5.49. The van der Waals surface area contributed by atoms with E-state index in [0.717, 1.165) is 5.75 Å². The minimum Gasteiger partial charge on any atom is -0.408 e. The summed E-state index contributed by atoms with van der Waals surface area (Å²) in [5, 5.41) is 3.35. The van der Waals surface area contributed by atoms with Crippen LogP contribution in [-0.2, 0) is 4.79 Å². The fraction of sp³-hybridized carbons (Fsp3) is 0.308. The van der Waals surface area contributed by atoms with Crippen LogP contribution in [0.25, 0.3) is 11.1 Å². The molecule has 2 heterocycles. The molecule has 0 aliphatic carbocycles. The Morgan fingerprint density at radius 2 is 2.30 bits per heavy atom. The van der Waals surface area contributed by atoms with Gasteiger partial charge in [-0.25, -0.2) is 4.79 Å². The molecule has 1 aromatic heterocycles. The molecule has 7 heteroatoms.